The Morgan fingerprint density at radius 3 is 2.75 bits per heavy atom. The molecule has 0 radical (unpaired) electrons. The van der Waals surface area contributed by atoms with Crippen molar-refractivity contribution in [1.29, 1.82) is 5.26 Å². The third-order valence-electron chi connectivity index (χ3n) is 3.11. The van der Waals surface area contributed by atoms with E-state index in [1.54, 1.807) is 6.92 Å². The van der Waals surface area contributed by atoms with Crippen LogP contribution >= 0.6 is 11.8 Å². The maximum Gasteiger partial charge on any atom is 0.230 e. The third-order valence-corrected chi connectivity index (χ3v) is 4.10. The van der Waals surface area contributed by atoms with Gasteiger partial charge < -0.3 is 10.1 Å². The highest BCUT2D eigenvalue weighted by Crippen LogP contribution is 2.22. The number of nitrogens with zero attached hydrogens (tertiary/aromatic N) is 2. The van der Waals surface area contributed by atoms with Gasteiger partial charge in [-0.2, -0.15) is 5.26 Å². The number of pyridine rings is 1. The number of aromatic nitrogens is 1. The molecular weight excluding hydrogens is 326 g/mol. The minimum absolute atomic E-state index is 0.122. The van der Waals surface area contributed by atoms with Gasteiger partial charge in [0.1, 0.15) is 11.1 Å². The molecule has 0 spiro atoms. The Balaban J connectivity index is 2.52. The lowest BCUT2D eigenvalue weighted by molar-refractivity contribution is -0.118. The summed E-state index contributed by atoms with van der Waals surface area (Å²) < 4.78 is 5.40. The van der Waals surface area contributed by atoms with Crippen molar-refractivity contribution in [2.45, 2.75) is 45.2 Å². The van der Waals surface area contributed by atoms with Gasteiger partial charge >= 0.3 is 0 Å². The van der Waals surface area contributed by atoms with Crippen LogP contribution in [-0.2, 0) is 9.53 Å². The Hall–Kier alpha value is -1.91. The monoisotopic (exact) mass is 349 g/mol. The molecule has 1 heterocycles. The Kier molecular flexibility index (Phi) is 8.44. The fraction of sp³-hybridized carbons (Fsp3) is 0.529. The van der Waals surface area contributed by atoms with Crippen LogP contribution in [0.1, 0.15) is 48.8 Å². The van der Waals surface area contributed by atoms with E-state index in [4.69, 9.17) is 4.74 Å². The molecule has 0 unspecified atom stereocenters. The number of nitrogens with one attached hydrogen (secondary N) is 1. The highest BCUT2D eigenvalue weighted by molar-refractivity contribution is 8.00. The number of Topliss-reactive ketones (excluding diaryl/α,β-unsaturated/α-hetero) is 1. The summed E-state index contributed by atoms with van der Waals surface area (Å²) in [6.45, 7) is 8.25. The number of rotatable bonds is 9. The molecule has 0 aliphatic heterocycles. The van der Waals surface area contributed by atoms with Crippen LogP contribution in [0.3, 0.4) is 0 Å². The van der Waals surface area contributed by atoms with E-state index in [9.17, 15) is 14.9 Å². The summed E-state index contributed by atoms with van der Waals surface area (Å²) in [5.41, 5.74) is 1.31. The zero-order chi connectivity index (χ0) is 18.1. The zero-order valence-corrected chi connectivity index (χ0v) is 15.3. The largest absolute Gasteiger partial charge is 0.379 e. The number of ketones is 1. The average Bonchev–Trinajstić information content (AvgIpc) is 2.51. The fourth-order valence-corrected chi connectivity index (χ4v) is 2.77. The Morgan fingerprint density at radius 2 is 2.17 bits per heavy atom. The van der Waals surface area contributed by atoms with E-state index in [0.29, 0.717) is 35.0 Å². The second-order valence-electron chi connectivity index (χ2n) is 5.55. The molecule has 0 fully saturated rings. The molecular formula is C17H23N3O3S. The van der Waals surface area contributed by atoms with Crippen LogP contribution in [0.15, 0.2) is 11.1 Å². The van der Waals surface area contributed by atoms with E-state index >= 15 is 0 Å². The second-order valence-corrected chi connectivity index (χ2v) is 6.52. The van der Waals surface area contributed by atoms with E-state index in [0.717, 1.165) is 6.42 Å². The average molecular weight is 349 g/mol. The predicted octanol–water partition coefficient (Wildman–Crippen LogP) is 2.49. The van der Waals surface area contributed by atoms with Crippen molar-refractivity contribution < 1.29 is 14.3 Å². The van der Waals surface area contributed by atoms with Gasteiger partial charge in [0, 0.05) is 24.4 Å². The molecule has 0 aliphatic carbocycles. The molecule has 0 saturated carbocycles. The molecule has 1 aromatic rings. The molecule has 0 atom stereocenters. The number of hydrogen-bond acceptors (Lipinski definition) is 6. The Labute approximate surface area is 147 Å². The Bertz CT molecular complexity index is 639. The molecule has 7 heteroatoms. The van der Waals surface area contributed by atoms with E-state index in [1.807, 2.05) is 19.9 Å². The number of thioether (sulfide) groups is 1. The summed E-state index contributed by atoms with van der Waals surface area (Å²) in [4.78, 5) is 27.6. The normalized spacial score (nSPS) is 10.5. The molecule has 1 amide bonds. The van der Waals surface area contributed by atoms with Crippen molar-refractivity contribution in [3.63, 3.8) is 0 Å². The highest BCUT2D eigenvalue weighted by Gasteiger charge is 2.13. The molecule has 1 rings (SSSR count). The van der Waals surface area contributed by atoms with Crippen LogP contribution in [0.25, 0.3) is 0 Å². The molecule has 24 heavy (non-hydrogen) atoms. The molecule has 1 N–H and O–H groups in total. The van der Waals surface area contributed by atoms with Crippen LogP contribution in [0.2, 0.25) is 0 Å². The van der Waals surface area contributed by atoms with E-state index in [-0.39, 0.29) is 23.5 Å². The fourth-order valence-electron chi connectivity index (χ4n) is 1.93. The molecule has 0 saturated heterocycles. The first-order chi connectivity index (χ1) is 11.3. The topological polar surface area (TPSA) is 92.1 Å². The number of aryl methyl sites for hydroxylation is 1. The first-order valence-electron chi connectivity index (χ1n) is 7.79. The first kappa shape index (κ1) is 20.1. The van der Waals surface area contributed by atoms with Gasteiger partial charge in [0.25, 0.3) is 0 Å². The second kappa shape index (κ2) is 10.1. The van der Waals surface area contributed by atoms with Gasteiger partial charge in [0.05, 0.1) is 17.4 Å². The molecule has 0 bridgehead atoms. The van der Waals surface area contributed by atoms with Crippen molar-refractivity contribution in [3.8, 4) is 6.07 Å². The summed E-state index contributed by atoms with van der Waals surface area (Å²) in [5, 5.41) is 12.5. The lowest BCUT2D eigenvalue weighted by Gasteiger charge is -2.09. The third kappa shape index (κ3) is 6.69. The molecule has 1 aromatic heterocycles. The summed E-state index contributed by atoms with van der Waals surface area (Å²) in [5.74, 6) is -0.0797. The van der Waals surface area contributed by atoms with Crippen molar-refractivity contribution in [2.75, 3.05) is 18.9 Å². The summed E-state index contributed by atoms with van der Waals surface area (Å²) in [6, 6.07) is 3.56. The van der Waals surface area contributed by atoms with Gasteiger partial charge in [-0.1, -0.05) is 11.8 Å². The SMILES string of the molecule is CC(=O)c1cc(C#N)c(SCC(=O)NCCCOC(C)C)nc1C. The number of hydrogen-bond donors (Lipinski definition) is 1. The van der Waals surface area contributed by atoms with Crippen molar-refractivity contribution in [2.24, 2.45) is 0 Å². The van der Waals surface area contributed by atoms with Crippen molar-refractivity contribution in [1.82, 2.24) is 10.3 Å². The maximum absolute atomic E-state index is 11.8. The lowest BCUT2D eigenvalue weighted by atomic mass is 10.1. The minimum atomic E-state index is -0.130. The van der Waals surface area contributed by atoms with Gasteiger partial charge in [0.15, 0.2) is 5.78 Å². The highest BCUT2D eigenvalue weighted by atomic mass is 32.2. The summed E-state index contributed by atoms with van der Waals surface area (Å²) in [6.07, 6.45) is 0.941. The van der Waals surface area contributed by atoms with Crippen LogP contribution in [-0.4, -0.2) is 41.7 Å². The lowest BCUT2D eigenvalue weighted by Crippen LogP contribution is -2.27. The van der Waals surface area contributed by atoms with Crippen LogP contribution < -0.4 is 5.32 Å². The van der Waals surface area contributed by atoms with Gasteiger partial charge in [-0.25, -0.2) is 4.98 Å². The smallest absolute Gasteiger partial charge is 0.230 e. The van der Waals surface area contributed by atoms with Crippen LogP contribution in [0.5, 0.6) is 0 Å². The Morgan fingerprint density at radius 1 is 1.46 bits per heavy atom. The number of nitriles is 1. The standard InChI is InChI=1S/C17H23N3O3S/c1-11(2)23-7-5-6-19-16(22)10-24-17-14(9-18)8-15(13(4)21)12(3)20-17/h8,11H,5-7,10H2,1-4H3,(H,19,22). The maximum atomic E-state index is 11.8. The summed E-state index contributed by atoms with van der Waals surface area (Å²) in [7, 11) is 0. The van der Waals surface area contributed by atoms with Crippen LogP contribution in [0, 0.1) is 18.3 Å². The predicted molar refractivity (Wildman–Crippen MR) is 93.1 cm³/mol. The number of amides is 1. The summed E-state index contributed by atoms with van der Waals surface area (Å²) >= 11 is 1.19. The van der Waals surface area contributed by atoms with E-state index < -0.39 is 0 Å². The van der Waals surface area contributed by atoms with E-state index in [2.05, 4.69) is 10.3 Å². The van der Waals surface area contributed by atoms with Gasteiger partial charge in [-0.05, 0) is 40.2 Å². The van der Waals surface area contributed by atoms with Crippen molar-refractivity contribution in [3.05, 3.63) is 22.9 Å². The van der Waals surface area contributed by atoms with Crippen LogP contribution in [0.4, 0.5) is 0 Å². The zero-order valence-electron chi connectivity index (χ0n) is 14.5. The number of carbonyl (C=O) groups excluding carboxylic acids is 2. The van der Waals surface area contributed by atoms with Gasteiger partial charge in [-0.15, -0.1) is 0 Å². The van der Waals surface area contributed by atoms with E-state index in [1.165, 1.54) is 24.8 Å². The number of carbonyl (C=O) groups is 2. The molecule has 0 aromatic carbocycles. The van der Waals surface area contributed by atoms with Crippen molar-refractivity contribution >= 4 is 23.5 Å². The minimum Gasteiger partial charge on any atom is -0.379 e. The molecule has 130 valence electrons. The molecule has 6 nitrogen and oxygen atoms in total. The molecule has 0 aliphatic rings. The quantitative estimate of drug-likeness (QED) is 0.418. The number of ether oxygens (including phenoxy) is 1. The van der Waals surface area contributed by atoms with Gasteiger partial charge in [-0.3, -0.25) is 9.59 Å². The first-order valence-corrected chi connectivity index (χ1v) is 8.77. The van der Waals surface area contributed by atoms with Gasteiger partial charge in [0.2, 0.25) is 5.91 Å².